The van der Waals surface area contributed by atoms with Gasteiger partial charge in [-0.25, -0.2) is 4.79 Å². The number of carbonyl (C=O) groups is 2. The van der Waals surface area contributed by atoms with Gasteiger partial charge in [0.1, 0.15) is 22.1 Å². The number of hydrogen-bond donors (Lipinski definition) is 1. The Balaban J connectivity index is 2.01. The van der Waals surface area contributed by atoms with Crippen LogP contribution in [0.1, 0.15) is 44.5 Å². The molecule has 0 bridgehead atoms. The van der Waals surface area contributed by atoms with Crippen molar-refractivity contribution in [1.29, 1.82) is 0 Å². The average Bonchev–Trinajstić information content (AvgIpc) is 3.03. The molecule has 1 amide bonds. The van der Waals surface area contributed by atoms with Crippen LogP contribution < -0.4 is 14.8 Å². The molecule has 2 aromatic rings. The Morgan fingerprint density at radius 2 is 1.78 bits per heavy atom. The minimum atomic E-state index is -0.427. The molecule has 0 radical (unpaired) electrons. The average molecular weight is 389 g/mol. The second-order valence-corrected chi connectivity index (χ2v) is 7.64. The van der Waals surface area contributed by atoms with Gasteiger partial charge in [-0.05, 0) is 42.9 Å². The van der Waals surface area contributed by atoms with Crippen molar-refractivity contribution in [2.45, 2.75) is 26.2 Å². The van der Waals surface area contributed by atoms with Gasteiger partial charge in [0.25, 0.3) is 5.91 Å². The van der Waals surface area contributed by atoms with Crippen LogP contribution in [0.3, 0.4) is 0 Å². The van der Waals surface area contributed by atoms with Crippen molar-refractivity contribution >= 4 is 28.2 Å². The highest BCUT2D eigenvalue weighted by atomic mass is 32.1. The normalized spacial score (nSPS) is 15.6. The lowest BCUT2D eigenvalue weighted by Gasteiger charge is -2.18. The lowest BCUT2D eigenvalue weighted by atomic mass is 9.88. The number of rotatable bonds is 5. The molecule has 7 heteroatoms. The first kappa shape index (κ1) is 19.2. The molecular formula is C20H23NO5S. The van der Waals surface area contributed by atoms with Gasteiger partial charge in [0.05, 0.1) is 26.9 Å². The molecule has 0 fully saturated rings. The maximum atomic E-state index is 13.0. The number of fused-ring (bicyclic) bond motifs is 1. The minimum Gasteiger partial charge on any atom is -0.496 e. The Labute approximate surface area is 162 Å². The number of esters is 1. The molecule has 1 atom stereocenters. The Morgan fingerprint density at radius 1 is 1.11 bits per heavy atom. The lowest BCUT2D eigenvalue weighted by molar-refractivity contribution is 0.0601. The number of methoxy groups -OCH3 is 3. The SMILES string of the molecule is COC(=O)c1c(NC(=O)c2c(OC)cccc2OC)sc2c1CC[C@H](C)C2. The zero-order valence-corrected chi connectivity index (χ0v) is 16.7. The third-order valence-electron chi connectivity index (χ3n) is 4.78. The van der Waals surface area contributed by atoms with Crippen LogP contribution in [0.15, 0.2) is 18.2 Å². The van der Waals surface area contributed by atoms with Crippen molar-refractivity contribution in [2.24, 2.45) is 5.92 Å². The number of anilines is 1. The van der Waals surface area contributed by atoms with Crippen LogP contribution in [-0.4, -0.2) is 33.2 Å². The summed E-state index contributed by atoms with van der Waals surface area (Å²) in [4.78, 5) is 26.5. The van der Waals surface area contributed by atoms with Crippen molar-refractivity contribution in [2.75, 3.05) is 26.6 Å². The van der Waals surface area contributed by atoms with Gasteiger partial charge in [0.2, 0.25) is 0 Å². The van der Waals surface area contributed by atoms with E-state index in [2.05, 4.69) is 12.2 Å². The van der Waals surface area contributed by atoms with Crippen molar-refractivity contribution in [1.82, 2.24) is 0 Å². The fraction of sp³-hybridized carbons (Fsp3) is 0.400. The molecule has 0 aliphatic heterocycles. The van der Waals surface area contributed by atoms with Crippen molar-refractivity contribution in [3.8, 4) is 11.5 Å². The summed E-state index contributed by atoms with van der Waals surface area (Å²) in [7, 11) is 4.35. The topological polar surface area (TPSA) is 73.9 Å². The number of ether oxygens (including phenoxy) is 3. The molecular weight excluding hydrogens is 366 g/mol. The van der Waals surface area contributed by atoms with E-state index in [9.17, 15) is 9.59 Å². The number of thiophene rings is 1. The van der Waals surface area contributed by atoms with Gasteiger partial charge >= 0.3 is 5.97 Å². The predicted molar refractivity (Wildman–Crippen MR) is 104 cm³/mol. The van der Waals surface area contributed by atoms with E-state index in [1.54, 1.807) is 18.2 Å². The van der Waals surface area contributed by atoms with E-state index in [1.165, 1.54) is 32.7 Å². The lowest BCUT2D eigenvalue weighted by Crippen LogP contribution is -2.17. The molecule has 144 valence electrons. The number of amides is 1. The Bertz CT molecular complexity index is 851. The van der Waals surface area contributed by atoms with Gasteiger partial charge in [-0.3, -0.25) is 4.79 Å². The van der Waals surface area contributed by atoms with Crippen LogP contribution in [-0.2, 0) is 17.6 Å². The summed E-state index contributed by atoms with van der Waals surface area (Å²) in [5.74, 6) is 0.549. The molecule has 1 aromatic heterocycles. The fourth-order valence-electron chi connectivity index (χ4n) is 3.40. The summed E-state index contributed by atoms with van der Waals surface area (Å²) in [6.45, 7) is 2.19. The summed E-state index contributed by atoms with van der Waals surface area (Å²) in [6, 6.07) is 5.14. The van der Waals surface area contributed by atoms with Crippen LogP contribution in [0.5, 0.6) is 11.5 Å². The Hall–Kier alpha value is -2.54. The van der Waals surface area contributed by atoms with Gasteiger partial charge < -0.3 is 19.5 Å². The molecule has 0 saturated heterocycles. The van der Waals surface area contributed by atoms with E-state index >= 15 is 0 Å². The molecule has 0 unspecified atom stereocenters. The van der Waals surface area contributed by atoms with Crippen LogP contribution in [0.25, 0.3) is 0 Å². The van der Waals surface area contributed by atoms with E-state index in [4.69, 9.17) is 14.2 Å². The maximum Gasteiger partial charge on any atom is 0.341 e. The smallest absolute Gasteiger partial charge is 0.341 e. The molecule has 3 rings (SSSR count). The minimum absolute atomic E-state index is 0.290. The number of benzene rings is 1. The van der Waals surface area contributed by atoms with Gasteiger partial charge in [0, 0.05) is 4.88 Å². The largest absolute Gasteiger partial charge is 0.496 e. The number of carbonyl (C=O) groups excluding carboxylic acids is 2. The molecule has 6 nitrogen and oxygen atoms in total. The van der Waals surface area contributed by atoms with Crippen LogP contribution >= 0.6 is 11.3 Å². The molecule has 1 N–H and O–H groups in total. The highest BCUT2D eigenvalue weighted by Gasteiger charge is 2.30. The molecule has 1 aliphatic rings. The molecule has 1 heterocycles. The van der Waals surface area contributed by atoms with Crippen LogP contribution in [0.2, 0.25) is 0 Å². The standard InChI is InChI=1S/C20H23NO5S/c1-11-8-9-12-15(10-11)27-19(16(12)20(23)26-4)21-18(22)17-13(24-2)6-5-7-14(17)25-3/h5-7,11H,8-10H2,1-4H3,(H,21,22)/t11-/m0/s1. The van der Waals surface area contributed by atoms with E-state index in [0.29, 0.717) is 28.0 Å². The first-order valence-corrected chi connectivity index (χ1v) is 9.57. The Morgan fingerprint density at radius 3 is 2.37 bits per heavy atom. The van der Waals surface area contributed by atoms with Gasteiger partial charge in [-0.15, -0.1) is 11.3 Å². The summed E-state index contributed by atoms with van der Waals surface area (Å²) < 4.78 is 15.6. The van der Waals surface area contributed by atoms with E-state index in [0.717, 1.165) is 29.7 Å². The zero-order chi connectivity index (χ0) is 19.6. The van der Waals surface area contributed by atoms with E-state index in [-0.39, 0.29) is 11.5 Å². The first-order chi connectivity index (χ1) is 13.0. The molecule has 1 aliphatic carbocycles. The third kappa shape index (κ3) is 3.64. The van der Waals surface area contributed by atoms with Gasteiger partial charge in [0.15, 0.2) is 0 Å². The third-order valence-corrected chi connectivity index (χ3v) is 5.95. The zero-order valence-electron chi connectivity index (χ0n) is 15.9. The predicted octanol–water partition coefficient (Wildman–Crippen LogP) is 3.93. The summed E-state index contributed by atoms with van der Waals surface area (Å²) >= 11 is 1.44. The second kappa shape index (κ2) is 8.00. The quantitative estimate of drug-likeness (QED) is 0.785. The summed E-state index contributed by atoms with van der Waals surface area (Å²) in [5.41, 5.74) is 1.75. The second-order valence-electron chi connectivity index (χ2n) is 6.54. The van der Waals surface area contributed by atoms with Crippen molar-refractivity contribution in [3.63, 3.8) is 0 Å². The molecule has 27 heavy (non-hydrogen) atoms. The summed E-state index contributed by atoms with van der Waals surface area (Å²) in [6.07, 6.45) is 2.73. The maximum absolute atomic E-state index is 13.0. The molecule has 0 saturated carbocycles. The molecule has 1 aromatic carbocycles. The van der Waals surface area contributed by atoms with Crippen molar-refractivity contribution < 1.29 is 23.8 Å². The number of nitrogens with one attached hydrogen (secondary N) is 1. The first-order valence-electron chi connectivity index (χ1n) is 8.75. The van der Waals surface area contributed by atoms with E-state index in [1.807, 2.05) is 0 Å². The van der Waals surface area contributed by atoms with Crippen LogP contribution in [0.4, 0.5) is 5.00 Å². The highest BCUT2D eigenvalue weighted by Crippen LogP contribution is 2.40. The monoisotopic (exact) mass is 389 g/mol. The van der Waals surface area contributed by atoms with Gasteiger partial charge in [-0.1, -0.05) is 13.0 Å². The van der Waals surface area contributed by atoms with E-state index < -0.39 is 5.97 Å². The fourth-order valence-corrected chi connectivity index (χ4v) is 4.79. The van der Waals surface area contributed by atoms with Crippen LogP contribution in [0, 0.1) is 5.92 Å². The number of hydrogen-bond acceptors (Lipinski definition) is 6. The van der Waals surface area contributed by atoms with Gasteiger partial charge in [-0.2, -0.15) is 0 Å². The molecule has 0 spiro atoms. The highest BCUT2D eigenvalue weighted by molar-refractivity contribution is 7.17. The Kier molecular flexibility index (Phi) is 5.70. The summed E-state index contributed by atoms with van der Waals surface area (Å²) in [5, 5.41) is 3.40. The van der Waals surface area contributed by atoms with Crippen molar-refractivity contribution in [3.05, 3.63) is 39.8 Å².